The lowest BCUT2D eigenvalue weighted by atomic mass is 10.1. The van der Waals surface area contributed by atoms with Crippen LogP contribution in [0, 0.1) is 20.8 Å². The molecule has 4 nitrogen and oxygen atoms in total. The monoisotopic (exact) mass is 407 g/mol. The highest BCUT2D eigenvalue weighted by atomic mass is 32.2. The van der Waals surface area contributed by atoms with Crippen LogP contribution < -0.4 is 0 Å². The fourth-order valence-corrected chi connectivity index (χ4v) is 4.52. The Morgan fingerprint density at radius 1 is 1.10 bits per heavy atom. The first kappa shape index (κ1) is 21.3. The van der Waals surface area contributed by atoms with E-state index in [9.17, 15) is 4.79 Å². The van der Waals surface area contributed by atoms with Gasteiger partial charge in [0.2, 0.25) is 5.91 Å². The first-order valence-electron chi connectivity index (χ1n) is 10.2. The van der Waals surface area contributed by atoms with Gasteiger partial charge in [0.15, 0.2) is 5.17 Å². The Morgan fingerprint density at radius 3 is 2.62 bits per heavy atom. The molecule has 1 amide bonds. The number of thioether (sulfide) groups is 1. The normalized spacial score (nSPS) is 18.3. The molecule has 1 aliphatic heterocycles. The average molecular weight is 408 g/mol. The zero-order valence-electron chi connectivity index (χ0n) is 17.7. The van der Waals surface area contributed by atoms with E-state index >= 15 is 0 Å². The van der Waals surface area contributed by atoms with Crippen molar-refractivity contribution in [3.63, 3.8) is 0 Å². The van der Waals surface area contributed by atoms with Crippen LogP contribution in [-0.2, 0) is 11.3 Å². The Kier molecular flexibility index (Phi) is 7.26. The van der Waals surface area contributed by atoms with Crippen LogP contribution >= 0.6 is 11.8 Å². The van der Waals surface area contributed by atoms with Gasteiger partial charge in [0, 0.05) is 0 Å². The maximum Gasteiger partial charge on any atom is 0.242 e. The predicted octanol–water partition coefficient (Wildman–Crippen LogP) is 5.64. The van der Waals surface area contributed by atoms with E-state index in [4.69, 9.17) is 0 Å². The van der Waals surface area contributed by atoms with Crippen molar-refractivity contribution in [2.24, 2.45) is 10.2 Å². The van der Waals surface area contributed by atoms with Crippen molar-refractivity contribution >= 4 is 29.1 Å². The van der Waals surface area contributed by atoms with Gasteiger partial charge in [-0.3, -0.25) is 9.69 Å². The minimum absolute atomic E-state index is 0.0611. The molecule has 1 unspecified atom stereocenters. The highest BCUT2D eigenvalue weighted by Gasteiger charge is 2.37. The molecule has 152 valence electrons. The van der Waals surface area contributed by atoms with Crippen molar-refractivity contribution in [2.45, 2.75) is 58.8 Å². The van der Waals surface area contributed by atoms with Crippen LogP contribution in [-0.4, -0.2) is 27.4 Å². The summed E-state index contributed by atoms with van der Waals surface area (Å²) in [4.78, 5) is 14.8. The SMILES string of the molecule is CCCCC1S/C(=N\N=C\c2ccc(C)cc2C)N(Cc2ccccc2C)C1=O. The van der Waals surface area contributed by atoms with Crippen LogP contribution in [0.25, 0.3) is 0 Å². The lowest BCUT2D eigenvalue weighted by Crippen LogP contribution is -2.31. The quantitative estimate of drug-likeness (QED) is 0.441. The fourth-order valence-electron chi connectivity index (χ4n) is 3.37. The Morgan fingerprint density at radius 2 is 1.90 bits per heavy atom. The van der Waals surface area contributed by atoms with Gasteiger partial charge in [-0.2, -0.15) is 5.10 Å². The number of carbonyl (C=O) groups is 1. The van der Waals surface area contributed by atoms with E-state index in [2.05, 4.69) is 68.2 Å². The van der Waals surface area contributed by atoms with E-state index in [1.807, 2.05) is 12.1 Å². The number of nitrogens with zero attached hydrogens (tertiary/aromatic N) is 3. The van der Waals surface area contributed by atoms with Gasteiger partial charge in [0.1, 0.15) is 0 Å². The molecular weight excluding hydrogens is 378 g/mol. The third kappa shape index (κ3) is 5.36. The molecular formula is C24H29N3OS. The number of hydrogen-bond acceptors (Lipinski definition) is 4. The standard InChI is InChI=1S/C24H29N3OS/c1-5-6-11-22-23(28)27(16-21-10-8-7-9-18(21)3)24(29-22)26-25-15-20-13-12-17(2)14-19(20)4/h7-10,12-15,22H,5-6,11,16H2,1-4H3/b25-15+,26-24-. The highest BCUT2D eigenvalue weighted by molar-refractivity contribution is 8.15. The van der Waals surface area contributed by atoms with E-state index in [1.54, 1.807) is 22.9 Å². The van der Waals surface area contributed by atoms with Crippen molar-refractivity contribution in [3.05, 3.63) is 70.3 Å². The molecule has 0 spiro atoms. The molecule has 0 aromatic heterocycles. The van der Waals surface area contributed by atoms with Gasteiger partial charge in [0.05, 0.1) is 18.0 Å². The summed E-state index contributed by atoms with van der Waals surface area (Å²) >= 11 is 1.55. The summed E-state index contributed by atoms with van der Waals surface area (Å²) in [6.45, 7) is 8.92. The minimum atomic E-state index is -0.0611. The van der Waals surface area contributed by atoms with Gasteiger partial charge < -0.3 is 0 Å². The van der Waals surface area contributed by atoms with Crippen molar-refractivity contribution in [1.82, 2.24) is 4.90 Å². The molecule has 1 saturated heterocycles. The maximum atomic E-state index is 13.0. The lowest BCUT2D eigenvalue weighted by Gasteiger charge is -2.17. The fraction of sp³-hybridized carbons (Fsp3) is 0.375. The molecule has 1 fully saturated rings. The second-order valence-corrected chi connectivity index (χ2v) is 8.76. The topological polar surface area (TPSA) is 45.0 Å². The molecule has 29 heavy (non-hydrogen) atoms. The van der Waals surface area contributed by atoms with Crippen molar-refractivity contribution in [2.75, 3.05) is 0 Å². The van der Waals surface area contributed by atoms with Gasteiger partial charge in [-0.15, -0.1) is 5.10 Å². The Bertz CT molecular complexity index is 935. The van der Waals surface area contributed by atoms with Crippen LogP contribution in [0.4, 0.5) is 0 Å². The molecule has 1 heterocycles. The first-order valence-corrected chi connectivity index (χ1v) is 11.1. The summed E-state index contributed by atoms with van der Waals surface area (Å²) in [5, 5.41) is 9.41. The molecule has 0 bridgehead atoms. The Balaban J connectivity index is 1.84. The van der Waals surface area contributed by atoms with Crippen molar-refractivity contribution in [3.8, 4) is 0 Å². The molecule has 0 aliphatic carbocycles. The number of benzene rings is 2. The lowest BCUT2D eigenvalue weighted by molar-refractivity contribution is -0.126. The zero-order valence-corrected chi connectivity index (χ0v) is 18.5. The molecule has 0 saturated carbocycles. The van der Waals surface area contributed by atoms with Gasteiger partial charge in [-0.1, -0.05) is 79.6 Å². The summed E-state index contributed by atoms with van der Waals surface area (Å²) < 4.78 is 0. The number of rotatable bonds is 7. The first-order chi connectivity index (χ1) is 14.0. The van der Waals surface area contributed by atoms with Crippen LogP contribution in [0.1, 0.15) is 54.0 Å². The molecule has 0 radical (unpaired) electrons. The summed E-state index contributed by atoms with van der Waals surface area (Å²) in [6.07, 6.45) is 4.78. The largest absolute Gasteiger partial charge is 0.284 e. The summed E-state index contributed by atoms with van der Waals surface area (Å²) in [5.41, 5.74) is 5.76. The molecule has 3 rings (SSSR count). The second kappa shape index (κ2) is 9.88. The van der Waals surface area contributed by atoms with Gasteiger partial charge >= 0.3 is 0 Å². The summed E-state index contributed by atoms with van der Waals surface area (Å²) in [7, 11) is 0. The molecule has 2 aromatic carbocycles. The maximum absolute atomic E-state index is 13.0. The number of amides is 1. The van der Waals surface area contributed by atoms with E-state index in [-0.39, 0.29) is 11.2 Å². The van der Waals surface area contributed by atoms with Gasteiger partial charge in [-0.05, 0) is 49.4 Å². The van der Waals surface area contributed by atoms with E-state index in [1.165, 1.54) is 16.7 Å². The molecule has 1 aliphatic rings. The number of aryl methyl sites for hydroxylation is 3. The Labute approximate surface area is 178 Å². The van der Waals surface area contributed by atoms with Crippen LogP contribution in [0.15, 0.2) is 52.7 Å². The van der Waals surface area contributed by atoms with Crippen LogP contribution in [0.3, 0.4) is 0 Å². The smallest absolute Gasteiger partial charge is 0.242 e. The second-order valence-electron chi connectivity index (χ2n) is 7.59. The predicted molar refractivity (Wildman–Crippen MR) is 124 cm³/mol. The van der Waals surface area contributed by atoms with E-state index in [0.29, 0.717) is 11.7 Å². The number of amidine groups is 1. The summed E-state index contributed by atoms with van der Waals surface area (Å²) in [5.74, 6) is 0.146. The van der Waals surface area contributed by atoms with Crippen molar-refractivity contribution < 1.29 is 4.79 Å². The minimum Gasteiger partial charge on any atom is -0.284 e. The molecule has 2 aromatic rings. The molecule has 5 heteroatoms. The molecule has 1 atom stereocenters. The average Bonchev–Trinajstić information content (AvgIpc) is 2.99. The number of carbonyl (C=O) groups excluding carboxylic acids is 1. The van der Waals surface area contributed by atoms with E-state index in [0.717, 1.165) is 30.4 Å². The van der Waals surface area contributed by atoms with Crippen molar-refractivity contribution in [1.29, 1.82) is 0 Å². The third-order valence-corrected chi connectivity index (χ3v) is 6.43. The number of hydrogen-bond donors (Lipinski definition) is 0. The van der Waals surface area contributed by atoms with Gasteiger partial charge in [0.25, 0.3) is 0 Å². The third-order valence-electron chi connectivity index (χ3n) is 5.20. The summed E-state index contributed by atoms with van der Waals surface area (Å²) in [6, 6.07) is 14.4. The van der Waals surface area contributed by atoms with Crippen LogP contribution in [0.2, 0.25) is 0 Å². The van der Waals surface area contributed by atoms with Gasteiger partial charge in [-0.25, -0.2) is 0 Å². The van der Waals surface area contributed by atoms with Crippen LogP contribution in [0.5, 0.6) is 0 Å². The Hall–Kier alpha value is -2.40. The number of unbranched alkanes of at least 4 members (excludes halogenated alkanes) is 1. The zero-order chi connectivity index (χ0) is 20.8. The van der Waals surface area contributed by atoms with E-state index < -0.39 is 0 Å². The highest BCUT2D eigenvalue weighted by Crippen LogP contribution is 2.32. The molecule has 0 N–H and O–H groups in total.